The molecule has 0 radical (unpaired) electrons. The van der Waals surface area contributed by atoms with Crippen molar-refractivity contribution >= 4 is 17.2 Å². The van der Waals surface area contributed by atoms with Crippen LogP contribution in [0.15, 0.2) is 54.7 Å². The summed E-state index contributed by atoms with van der Waals surface area (Å²) < 4.78 is 1.76. The fraction of sp³-hybridized carbons (Fsp3) is 0.174. The lowest BCUT2D eigenvalue weighted by Crippen LogP contribution is -2.16. The molecular weight excluding hydrogens is 348 g/mol. The number of benzene rings is 2. The molecule has 2 aromatic carbocycles. The summed E-state index contributed by atoms with van der Waals surface area (Å²) in [5.41, 5.74) is 7.96. The summed E-state index contributed by atoms with van der Waals surface area (Å²) in [4.78, 5) is 17.5. The number of fused-ring (bicyclic) bond motifs is 1. The molecule has 0 atom stereocenters. The summed E-state index contributed by atoms with van der Waals surface area (Å²) in [5, 5.41) is 7.63. The first-order valence-corrected chi connectivity index (χ1v) is 9.24. The van der Waals surface area contributed by atoms with Crippen molar-refractivity contribution in [1.29, 1.82) is 0 Å². The molecule has 0 spiro atoms. The van der Waals surface area contributed by atoms with Crippen LogP contribution >= 0.6 is 0 Å². The molecule has 4 rings (SSSR count). The van der Waals surface area contributed by atoms with Gasteiger partial charge in [0.15, 0.2) is 5.65 Å². The molecule has 5 heteroatoms. The number of nitrogens with zero attached hydrogens (tertiary/aromatic N) is 3. The number of aryl methyl sites for hydroxylation is 4. The van der Waals surface area contributed by atoms with Crippen LogP contribution in [0.2, 0.25) is 0 Å². The summed E-state index contributed by atoms with van der Waals surface area (Å²) >= 11 is 0. The predicted molar refractivity (Wildman–Crippen MR) is 112 cm³/mol. The van der Waals surface area contributed by atoms with E-state index in [4.69, 9.17) is 0 Å². The van der Waals surface area contributed by atoms with Crippen molar-refractivity contribution in [1.82, 2.24) is 14.6 Å². The van der Waals surface area contributed by atoms with E-state index in [1.54, 1.807) is 10.7 Å². The number of hydrogen-bond acceptors (Lipinski definition) is 3. The predicted octanol–water partition coefficient (Wildman–Crippen LogP) is 4.88. The van der Waals surface area contributed by atoms with E-state index in [0.717, 1.165) is 45.0 Å². The Morgan fingerprint density at radius 2 is 1.75 bits per heavy atom. The molecule has 1 amide bonds. The van der Waals surface area contributed by atoms with E-state index >= 15 is 0 Å². The molecule has 0 fully saturated rings. The second-order valence-electron chi connectivity index (χ2n) is 7.09. The average molecular weight is 370 g/mol. The Labute approximate surface area is 164 Å². The normalized spacial score (nSPS) is 11.0. The van der Waals surface area contributed by atoms with Crippen LogP contribution in [0, 0.1) is 27.7 Å². The number of amides is 1. The van der Waals surface area contributed by atoms with E-state index in [1.807, 2.05) is 76.2 Å². The van der Waals surface area contributed by atoms with Crippen LogP contribution in [0.4, 0.5) is 5.69 Å². The Morgan fingerprint density at radius 3 is 2.46 bits per heavy atom. The number of nitrogens with one attached hydrogen (secondary N) is 1. The molecular formula is C23H22N4O. The largest absolute Gasteiger partial charge is 0.322 e. The molecule has 0 aliphatic heterocycles. The first-order valence-electron chi connectivity index (χ1n) is 9.24. The Balaban J connectivity index is 1.75. The minimum absolute atomic E-state index is 0.187. The summed E-state index contributed by atoms with van der Waals surface area (Å²) in [6.45, 7) is 7.88. The van der Waals surface area contributed by atoms with Crippen LogP contribution in [0.5, 0.6) is 0 Å². The van der Waals surface area contributed by atoms with Crippen molar-refractivity contribution < 1.29 is 4.79 Å². The minimum Gasteiger partial charge on any atom is -0.322 e. The molecule has 2 aromatic heterocycles. The van der Waals surface area contributed by atoms with Gasteiger partial charge in [-0.2, -0.15) is 5.10 Å². The number of rotatable bonds is 3. The van der Waals surface area contributed by atoms with Gasteiger partial charge in [-0.25, -0.2) is 9.50 Å². The zero-order valence-corrected chi connectivity index (χ0v) is 16.4. The highest BCUT2D eigenvalue weighted by atomic mass is 16.1. The lowest BCUT2D eigenvalue weighted by molar-refractivity contribution is 0.102. The highest BCUT2D eigenvalue weighted by Crippen LogP contribution is 2.28. The zero-order valence-electron chi connectivity index (χ0n) is 16.4. The maximum Gasteiger partial charge on any atom is 0.259 e. The Morgan fingerprint density at radius 1 is 1.00 bits per heavy atom. The lowest BCUT2D eigenvalue weighted by Gasteiger charge is -2.11. The fourth-order valence-electron chi connectivity index (χ4n) is 3.51. The van der Waals surface area contributed by atoms with Crippen LogP contribution in [-0.4, -0.2) is 20.5 Å². The SMILES string of the molecule is Cc1ccc(NC(=O)c2cnc3c(-c4ccccc4)c(C)nn3c2C)c(C)c1. The molecule has 140 valence electrons. The van der Waals surface area contributed by atoms with Crippen LogP contribution in [0.1, 0.15) is 32.9 Å². The van der Waals surface area contributed by atoms with Crippen molar-refractivity contribution in [3.05, 3.63) is 82.8 Å². The van der Waals surface area contributed by atoms with Crippen molar-refractivity contribution in [2.75, 3.05) is 5.32 Å². The van der Waals surface area contributed by atoms with Gasteiger partial charge in [-0.05, 0) is 44.9 Å². The van der Waals surface area contributed by atoms with Gasteiger partial charge in [-0.1, -0.05) is 48.0 Å². The van der Waals surface area contributed by atoms with Gasteiger partial charge in [0.2, 0.25) is 0 Å². The van der Waals surface area contributed by atoms with Gasteiger partial charge < -0.3 is 5.32 Å². The highest BCUT2D eigenvalue weighted by molar-refractivity contribution is 6.05. The summed E-state index contributed by atoms with van der Waals surface area (Å²) in [7, 11) is 0. The molecule has 0 saturated carbocycles. The fourth-order valence-corrected chi connectivity index (χ4v) is 3.51. The second kappa shape index (κ2) is 6.93. The second-order valence-corrected chi connectivity index (χ2v) is 7.09. The number of aromatic nitrogens is 3. The molecule has 0 aliphatic rings. The maximum absolute atomic E-state index is 12.9. The third-order valence-corrected chi connectivity index (χ3v) is 5.00. The topological polar surface area (TPSA) is 59.3 Å². The summed E-state index contributed by atoms with van der Waals surface area (Å²) in [6.07, 6.45) is 1.64. The third-order valence-electron chi connectivity index (χ3n) is 5.00. The number of anilines is 1. The van der Waals surface area contributed by atoms with Crippen LogP contribution in [0.25, 0.3) is 16.8 Å². The standard InChI is InChI=1S/C23H22N4O/c1-14-10-11-20(15(2)12-14)25-23(28)19-13-24-22-21(18-8-6-5-7-9-18)16(3)26-27(22)17(19)4/h5-13H,1-4H3,(H,25,28). The molecule has 28 heavy (non-hydrogen) atoms. The molecule has 4 aromatic rings. The van der Waals surface area contributed by atoms with Gasteiger partial charge in [0.1, 0.15) is 0 Å². The van der Waals surface area contributed by atoms with E-state index in [2.05, 4.69) is 15.4 Å². The highest BCUT2D eigenvalue weighted by Gasteiger charge is 2.19. The van der Waals surface area contributed by atoms with Crippen molar-refractivity contribution in [3.8, 4) is 11.1 Å². The third kappa shape index (κ3) is 3.05. The van der Waals surface area contributed by atoms with E-state index in [-0.39, 0.29) is 5.91 Å². The van der Waals surface area contributed by atoms with Crippen LogP contribution in [-0.2, 0) is 0 Å². The van der Waals surface area contributed by atoms with Gasteiger partial charge >= 0.3 is 0 Å². The Kier molecular flexibility index (Phi) is 4.43. The first kappa shape index (κ1) is 17.9. The smallest absolute Gasteiger partial charge is 0.259 e. The maximum atomic E-state index is 12.9. The average Bonchev–Trinajstić information content (AvgIpc) is 3.02. The first-order chi connectivity index (χ1) is 13.5. The van der Waals surface area contributed by atoms with Gasteiger partial charge in [0, 0.05) is 17.4 Å². The number of carbonyl (C=O) groups excluding carboxylic acids is 1. The van der Waals surface area contributed by atoms with E-state index < -0.39 is 0 Å². The Hall–Kier alpha value is -3.47. The van der Waals surface area contributed by atoms with Gasteiger partial charge in [-0.15, -0.1) is 0 Å². The van der Waals surface area contributed by atoms with E-state index in [9.17, 15) is 4.79 Å². The summed E-state index contributed by atoms with van der Waals surface area (Å²) in [5.74, 6) is -0.187. The lowest BCUT2D eigenvalue weighted by atomic mass is 10.1. The number of carbonyl (C=O) groups is 1. The monoisotopic (exact) mass is 370 g/mol. The molecule has 5 nitrogen and oxygen atoms in total. The van der Waals surface area contributed by atoms with Crippen molar-refractivity contribution in [3.63, 3.8) is 0 Å². The van der Waals surface area contributed by atoms with E-state index in [1.165, 1.54) is 0 Å². The number of hydrogen-bond donors (Lipinski definition) is 1. The molecule has 0 aliphatic carbocycles. The molecule has 1 N–H and O–H groups in total. The zero-order chi connectivity index (χ0) is 19.8. The minimum atomic E-state index is -0.187. The van der Waals surface area contributed by atoms with E-state index in [0.29, 0.717) is 5.56 Å². The molecule has 2 heterocycles. The van der Waals surface area contributed by atoms with Crippen molar-refractivity contribution in [2.24, 2.45) is 0 Å². The van der Waals surface area contributed by atoms with Crippen molar-refractivity contribution in [2.45, 2.75) is 27.7 Å². The van der Waals surface area contributed by atoms with Crippen LogP contribution in [0.3, 0.4) is 0 Å². The van der Waals surface area contributed by atoms with Crippen LogP contribution < -0.4 is 5.32 Å². The van der Waals surface area contributed by atoms with Gasteiger partial charge in [0.05, 0.1) is 17.0 Å². The summed E-state index contributed by atoms with van der Waals surface area (Å²) in [6, 6.07) is 16.0. The molecule has 0 unspecified atom stereocenters. The van der Waals surface area contributed by atoms with Gasteiger partial charge in [0.25, 0.3) is 5.91 Å². The quantitative estimate of drug-likeness (QED) is 0.559. The molecule has 0 saturated heterocycles. The molecule has 0 bridgehead atoms. The van der Waals surface area contributed by atoms with Gasteiger partial charge in [-0.3, -0.25) is 4.79 Å². The Bertz CT molecular complexity index is 1190.